The van der Waals surface area contributed by atoms with Gasteiger partial charge in [0.1, 0.15) is 12.2 Å². The van der Waals surface area contributed by atoms with Gasteiger partial charge in [-0.1, -0.05) is 36.2 Å². The summed E-state index contributed by atoms with van der Waals surface area (Å²) >= 11 is 12.3. The molecule has 3 rings (SSSR count). The zero-order valence-electron chi connectivity index (χ0n) is 16.7. The number of hydrogen-bond acceptors (Lipinski definition) is 4. The lowest BCUT2D eigenvalue weighted by Crippen LogP contribution is -2.43. The minimum absolute atomic E-state index is 0.222. The van der Waals surface area contributed by atoms with Crippen molar-refractivity contribution in [2.45, 2.75) is 51.8 Å². The van der Waals surface area contributed by atoms with E-state index in [2.05, 4.69) is 27.8 Å². The van der Waals surface area contributed by atoms with Crippen molar-refractivity contribution in [3.05, 3.63) is 46.0 Å². The lowest BCUT2D eigenvalue weighted by molar-refractivity contribution is 0.0194. The van der Waals surface area contributed by atoms with Crippen LogP contribution in [0.2, 0.25) is 10.0 Å². The summed E-state index contributed by atoms with van der Waals surface area (Å²) in [5, 5.41) is 16.1. The van der Waals surface area contributed by atoms with Gasteiger partial charge in [-0.3, -0.25) is 0 Å². The summed E-state index contributed by atoms with van der Waals surface area (Å²) in [4.78, 5) is 4.70. The largest absolute Gasteiger partial charge is 0.376 e. The van der Waals surface area contributed by atoms with Crippen LogP contribution in [0, 0.1) is 0 Å². The van der Waals surface area contributed by atoms with E-state index in [1.165, 1.54) is 6.42 Å². The van der Waals surface area contributed by atoms with Gasteiger partial charge in [0.05, 0.1) is 12.6 Å². The normalized spacial score (nSPS) is 17.3. The molecule has 1 aromatic heterocycles. The maximum absolute atomic E-state index is 6.29. The highest BCUT2D eigenvalue weighted by Crippen LogP contribution is 2.21. The van der Waals surface area contributed by atoms with Crippen molar-refractivity contribution in [2.75, 3.05) is 19.7 Å². The summed E-state index contributed by atoms with van der Waals surface area (Å²) in [7, 11) is 0. The van der Waals surface area contributed by atoms with Gasteiger partial charge < -0.3 is 19.9 Å². The molecule has 2 N–H and O–H groups in total. The van der Waals surface area contributed by atoms with E-state index in [4.69, 9.17) is 32.9 Å². The number of aryl methyl sites for hydroxylation is 1. The molecule has 0 aliphatic carbocycles. The van der Waals surface area contributed by atoms with Crippen molar-refractivity contribution < 1.29 is 4.74 Å². The summed E-state index contributed by atoms with van der Waals surface area (Å²) < 4.78 is 7.86. The summed E-state index contributed by atoms with van der Waals surface area (Å²) in [5.74, 6) is 1.71. The Hall–Kier alpha value is -1.83. The average molecular weight is 439 g/mol. The average Bonchev–Trinajstić information content (AvgIpc) is 3.19. The van der Waals surface area contributed by atoms with Gasteiger partial charge in [-0.2, -0.15) is 0 Å². The second-order valence-electron chi connectivity index (χ2n) is 6.99. The number of benzene rings is 1. The topological polar surface area (TPSA) is 76.4 Å². The quantitative estimate of drug-likeness (QED) is 0.487. The van der Waals surface area contributed by atoms with Crippen molar-refractivity contribution in [3.8, 4) is 0 Å². The lowest BCUT2D eigenvalue weighted by Gasteiger charge is -2.24. The van der Waals surface area contributed by atoms with Gasteiger partial charge in [-0.25, -0.2) is 4.99 Å². The van der Waals surface area contributed by atoms with E-state index in [-0.39, 0.29) is 6.10 Å². The predicted octanol–water partition coefficient (Wildman–Crippen LogP) is 3.45. The van der Waals surface area contributed by atoms with Crippen molar-refractivity contribution in [1.82, 2.24) is 25.4 Å². The number of nitrogens with one attached hydrogen (secondary N) is 2. The van der Waals surface area contributed by atoms with Crippen LogP contribution in [-0.4, -0.2) is 46.5 Å². The van der Waals surface area contributed by atoms with E-state index in [1.54, 1.807) is 12.4 Å². The fourth-order valence-corrected chi connectivity index (χ4v) is 3.67. The van der Waals surface area contributed by atoms with E-state index in [9.17, 15) is 0 Å². The third-order valence-corrected chi connectivity index (χ3v) is 5.44. The number of halogens is 2. The first-order chi connectivity index (χ1) is 14.2. The Labute approximate surface area is 181 Å². The monoisotopic (exact) mass is 438 g/mol. The molecule has 1 unspecified atom stereocenters. The smallest absolute Gasteiger partial charge is 0.191 e. The third-order valence-electron chi connectivity index (χ3n) is 4.85. The number of aromatic nitrogens is 3. The first-order valence-corrected chi connectivity index (χ1v) is 10.9. The highest BCUT2D eigenvalue weighted by Gasteiger charge is 2.14. The second-order valence-corrected chi connectivity index (χ2v) is 7.83. The van der Waals surface area contributed by atoms with Crippen LogP contribution in [0.3, 0.4) is 0 Å². The van der Waals surface area contributed by atoms with Crippen molar-refractivity contribution in [1.29, 1.82) is 0 Å². The molecule has 2 aromatic rings. The molecule has 0 saturated carbocycles. The Morgan fingerprint density at radius 3 is 2.97 bits per heavy atom. The van der Waals surface area contributed by atoms with Crippen molar-refractivity contribution >= 4 is 29.2 Å². The molecule has 1 atom stereocenters. The van der Waals surface area contributed by atoms with E-state index in [1.807, 2.05) is 16.7 Å². The van der Waals surface area contributed by atoms with E-state index >= 15 is 0 Å². The molecule has 0 spiro atoms. The molecule has 1 aromatic carbocycles. The number of aliphatic imine (C=N–C) groups is 1. The highest BCUT2D eigenvalue weighted by atomic mass is 35.5. The van der Waals surface area contributed by atoms with E-state index < -0.39 is 0 Å². The Bertz CT molecular complexity index is 804. The van der Waals surface area contributed by atoms with Gasteiger partial charge in [0.2, 0.25) is 0 Å². The molecule has 29 heavy (non-hydrogen) atoms. The summed E-state index contributed by atoms with van der Waals surface area (Å²) in [5.41, 5.74) is 0.929. The molecule has 0 amide bonds. The first-order valence-electron chi connectivity index (χ1n) is 10.1. The third kappa shape index (κ3) is 6.87. The first kappa shape index (κ1) is 21.9. The van der Waals surface area contributed by atoms with Crippen molar-refractivity contribution in [2.24, 2.45) is 4.99 Å². The van der Waals surface area contributed by atoms with Crippen LogP contribution in [0.25, 0.3) is 0 Å². The standard InChI is InChI=1S/C20H28Cl2N6O/c1-2-19-27-26-14-28(19)9-8-23-20(25-13-17-5-3-4-10-29-17)24-12-15-6-7-16(21)11-18(15)22/h6-7,11,14,17H,2-5,8-10,12-13H2,1H3,(H2,23,24,25). The Balaban J connectivity index is 1.59. The SMILES string of the molecule is CCc1nncn1CCNC(=NCc1ccc(Cl)cc1Cl)NCC1CCCCO1. The van der Waals surface area contributed by atoms with Gasteiger partial charge in [-0.05, 0) is 37.0 Å². The molecule has 1 aliphatic heterocycles. The van der Waals surface area contributed by atoms with Crippen LogP contribution >= 0.6 is 23.2 Å². The molecule has 158 valence electrons. The predicted molar refractivity (Wildman–Crippen MR) is 117 cm³/mol. The van der Waals surface area contributed by atoms with Gasteiger partial charge in [0.25, 0.3) is 0 Å². The molecule has 1 aliphatic rings. The Morgan fingerprint density at radius 2 is 2.21 bits per heavy atom. The van der Waals surface area contributed by atoms with E-state index in [0.717, 1.165) is 56.3 Å². The maximum Gasteiger partial charge on any atom is 0.191 e. The zero-order valence-corrected chi connectivity index (χ0v) is 18.2. The number of guanidine groups is 1. The number of nitrogens with zero attached hydrogens (tertiary/aromatic N) is 4. The molecule has 9 heteroatoms. The van der Waals surface area contributed by atoms with Crippen LogP contribution < -0.4 is 10.6 Å². The minimum atomic E-state index is 0.222. The molecular weight excluding hydrogens is 411 g/mol. The summed E-state index contributed by atoms with van der Waals surface area (Å²) in [6, 6.07) is 5.47. The molecule has 0 bridgehead atoms. The lowest BCUT2D eigenvalue weighted by atomic mass is 10.1. The van der Waals surface area contributed by atoms with Crippen molar-refractivity contribution in [3.63, 3.8) is 0 Å². The van der Waals surface area contributed by atoms with Gasteiger partial charge in [0, 0.05) is 42.7 Å². The second kappa shape index (κ2) is 11.4. The van der Waals surface area contributed by atoms with Gasteiger partial charge in [0.15, 0.2) is 5.96 Å². The number of rotatable bonds is 8. The van der Waals surface area contributed by atoms with Crippen LogP contribution in [0.5, 0.6) is 0 Å². The highest BCUT2D eigenvalue weighted by molar-refractivity contribution is 6.35. The summed E-state index contributed by atoms with van der Waals surface area (Å²) in [6.07, 6.45) is 6.26. The zero-order chi connectivity index (χ0) is 20.5. The molecule has 0 radical (unpaired) electrons. The van der Waals surface area contributed by atoms with Gasteiger partial charge >= 0.3 is 0 Å². The van der Waals surface area contributed by atoms with E-state index in [0.29, 0.717) is 23.1 Å². The minimum Gasteiger partial charge on any atom is -0.376 e. The van der Waals surface area contributed by atoms with Gasteiger partial charge in [-0.15, -0.1) is 10.2 Å². The molecular formula is C20H28Cl2N6O. The Morgan fingerprint density at radius 1 is 1.31 bits per heavy atom. The van der Waals surface area contributed by atoms with Crippen LogP contribution in [-0.2, 0) is 24.2 Å². The molecule has 1 saturated heterocycles. The fourth-order valence-electron chi connectivity index (χ4n) is 3.20. The maximum atomic E-state index is 6.29. The molecule has 2 heterocycles. The summed E-state index contributed by atoms with van der Waals surface area (Å²) in [6.45, 7) is 5.56. The molecule has 7 nitrogen and oxygen atoms in total. The van der Waals surface area contributed by atoms with Crippen LogP contribution in [0.1, 0.15) is 37.6 Å². The van der Waals surface area contributed by atoms with Crippen LogP contribution in [0.4, 0.5) is 0 Å². The number of hydrogen-bond donors (Lipinski definition) is 2. The Kier molecular flexibility index (Phi) is 8.58. The fraction of sp³-hybridized carbons (Fsp3) is 0.550. The number of ether oxygens (including phenoxy) is 1. The van der Waals surface area contributed by atoms with Crippen LogP contribution in [0.15, 0.2) is 29.5 Å². The molecule has 1 fully saturated rings.